The summed E-state index contributed by atoms with van der Waals surface area (Å²) in [5.74, 6) is -3.32. The van der Waals surface area contributed by atoms with Crippen LogP contribution in [0.5, 0.6) is 0 Å². The van der Waals surface area contributed by atoms with E-state index in [1.807, 2.05) is 0 Å². The van der Waals surface area contributed by atoms with Crippen molar-refractivity contribution in [2.75, 3.05) is 6.61 Å². The summed E-state index contributed by atoms with van der Waals surface area (Å²) in [4.78, 5) is 20.5. The number of carboxylic acids is 1. The van der Waals surface area contributed by atoms with Crippen LogP contribution in [0.1, 0.15) is 13.8 Å². The Balaban J connectivity index is 0. The van der Waals surface area contributed by atoms with E-state index < -0.39 is 17.9 Å². The fraction of sp³-hybridized carbons (Fsp3) is 0.667. The zero-order chi connectivity index (χ0) is 8.15. The van der Waals surface area contributed by atoms with E-state index in [4.69, 9.17) is 0 Å². The number of aliphatic carboxylic acids is 1. The zero-order valence-corrected chi connectivity index (χ0v) is 10.0. The van der Waals surface area contributed by atoms with Crippen molar-refractivity contribution in [1.82, 2.24) is 0 Å². The van der Waals surface area contributed by atoms with Crippen molar-refractivity contribution < 1.29 is 70.8 Å². The summed E-state index contributed by atoms with van der Waals surface area (Å²) in [6.07, 6.45) is 0. The van der Waals surface area contributed by atoms with E-state index in [0.29, 0.717) is 0 Å². The second kappa shape index (κ2) is 7.24. The summed E-state index contributed by atoms with van der Waals surface area (Å²) in [6.45, 7) is 3.03. The summed E-state index contributed by atoms with van der Waals surface area (Å²) < 4.78 is 4.41. The standard InChI is InChI=1S/C6H10O4.K/c1-3-10-6(9)4(2)5(7)8;/h4H,3H2,1-2H3,(H,7,8);/q;+1/p-1/t4-;/m1./s1. The largest absolute Gasteiger partial charge is 1.00 e. The molecule has 58 valence electrons. The van der Waals surface area contributed by atoms with Crippen LogP contribution in [-0.4, -0.2) is 18.5 Å². The first-order valence-electron chi connectivity index (χ1n) is 2.97. The van der Waals surface area contributed by atoms with Gasteiger partial charge in [0.05, 0.1) is 18.5 Å². The Hall–Kier alpha value is 0.576. The Morgan fingerprint density at radius 2 is 2.00 bits per heavy atom. The van der Waals surface area contributed by atoms with Gasteiger partial charge in [-0.25, -0.2) is 0 Å². The van der Waals surface area contributed by atoms with Gasteiger partial charge in [-0.1, -0.05) is 0 Å². The summed E-state index contributed by atoms with van der Waals surface area (Å²) in [7, 11) is 0. The third-order valence-electron chi connectivity index (χ3n) is 0.994. The minimum Gasteiger partial charge on any atom is -0.549 e. The van der Waals surface area contributed by atoms with Gasteiger partial charge in [-0.05, 0) is 13.8 Å². The van der Waals surface area contributed by atoms with E-state index >= 15 is 0 Å². The number of esters is 1. The van der Waals surface area contributed by atoms with E-state index in [-0.39, 0.29) is 58.0 Å². The van der Waals surface area contributed by atoms with Gasteiger partial charge in [-0.2, -0.15) is 0 Å². The van der Waals surface area contributed by atoms with Crippen LogP contribution in [0, 0.1) is 5.92 Å². The summed E-state index contributed by atoms with van der Waals surface area (Å²) in [5.41, 5.74) is 0. The Morgan fingerprint density at radius 1 is 1.55 bits per heavy atom. The molecule has 0 aromatic rings. The molecule has 0 saturated heterocycles. The Bertz CT molecular complexity index is 146. The van der Waals surface area contributed by atoms with E-state index in [2.05, 4.69) is 4.74 Å². The molecule has 0 amide bonds. The summed E-state index contributed by atoms with van der Waals surface area (Å²) >= 11 is 0. The predicted molar refractivity (Wildman–Crippen MR) is 30.8 cm³/mol. The minimum atomic E-state index is -1.40. The molecule has 5 heteroatoms. The number of hydrogen-bond acceptors (Lipinski definition) is 4. The maximum absolute atomic E-state index is 10.5. The van der Waals surface area contributed by atoms with E-state index in [9.17, 15) is 14.7 Å². The molecule has 0 aromatic carbocycles. The third kappa shape index (κ3) is 5.80. The van der Waals surface area contributed by atoms with Gasteiger partial charge >= 0.3 is 57.4 Å². The second-order valence-electron chi connectivity index (χ2n) is 1.79. The Labute approximate surface area is 108 Å². The fourth-order valence-corrected chi connectivity index (χ4v) is 0.363. The summed E-state index contributed by atoms with van der Waals surface area (Å²) in [5, 5.41) is 10.0. The topological polar surface area (TPSA) is 66.4 Å². The van der Waals surface area contributed by atoms with Crippen LogP contribution < -0.4 is 56.5 Å². The van der Waals surface area contributed by atoms with Gasteiger partial charge in [0.15, 0.2) is 0 Å². The van der Waals surface area contributed by atoms with Crippen LogP contribution >= 0.6 is 0 Å². The number of carboxylic acid groups (broad SMARTS) is 1. The average molecular weight is 184 g/mol. The first-order valence-corrected chi connectivity index (χ1v) is 2.97. The van der Waals surface area contributed by atoms with Gasteiger partial charge < -0.3 is 14.6 Å². The summed E-state index contributed by atoms with van der Waals surface area (Å²) in [6, 6.07) is 0. The van der Waals surface area contributed by atoms with Crippen molar-refractivity contribution in [3.63, 3.8) is 0 Å². The average Bonchev–Trinajstić information content (AvgIpc) is 1.87. The molecule has 0 rings (SSSR count). The van der Waals surface area contributed by atoms with Crippen LogP contribution in [-0.2, 0) is 14.3 Å². The van der Waals surface area contributed by atoms with Gasteiger partial charge in [0, 0.05) is 0 Å². The molecule has 0 N–H and O–H groups in total. The molecule has 0 aliphatic carbocycles. The van der Waals surface area contributed by atoms with Crippen molar-refractivity contribution in [3.8, 4) is 0 Å². The molecule has 0 fully saturated rings. The van der Waals surface area contributed by atoms with E-state index in [0.717, 1.165) is 0 Å². The minimum absolute atomic E-state index is 0. The molecule has 0 aliphatic rings. The molecule has 0 unspecified atom stereocenters. The van der Waals surface area contributed by atoms with Crippen molar-refractivity contribution in [2.45, 2.75) is 13.8 Å². The first kappa shape index (κ1) is 14.1. The van der Waals surface area contributed by atoms with Gasteiger partial charge in [0.25, 0.3) is 0 Å². The molecule has 0 saturated carbocycles. The van der Waals surface area contributed by atoms with Gasteiger partial charge in [0.2, 0.25) is 0 Å². The van der Waals surface area contributed by atoms with Crippen molar-refractivity contribution in [3.05, 3.63) is 0 Å². The molecule has 0 radical (unpaired) electrons. The molecular weight excluding hydrogens is 175 g/mol. The maximum atomic E-state index is 10.5. The molecule has 0 bridgehead atoms. The molecule has 4 nitrogen and oxygen atoms in total. The quantitative estimate of drug-likeness (QED) is 0.254. The SMILES string of the molecule is CCOC(=O)[C@H](C)C(=O)[O-].[K+]. The molecule has 11 heavy (non-hydrogen) atoms. The normalized spacial score (nSPS) is 11.1. The number of ether oxygens (including phenoxy) is 1. The second-order valence-corrected chi connectivity index (χ2v) is 1.79. The van der Waals surface area contributed by atoms with Crippen LogP contribution in [0.25, 0.3) is 0 Å². The molecule has 0 spiro atoms. The van der Waals surface area contributed by atoms with E-state index in [1.165, 1.54) is 6.92 Å². The Kier molecular flexibility index (Phi) is 9.29. The number of carbonyl (C=O) groups excluding carboxylic acids is 2. The zero-order valence-electron chi connectivity index (χ0n) is 6.92. The first-order chi connectivity index (χ1) is 4.59. The van der Waals surface area contributed by atoms with Crippen molar-refractivity contribution in [1.29, 1.82) is 0 Å². The maximum Gasteiger partial charge on any atom is 1.00 e. The van der Waals surface area contributed by atoms with Crippen molar-refractivity contribution in [2.24, 2.45) is 5.92 Å². The van der Waals surface area contributed by atoms with Gasteiger partial charge in [-0.15, -0.1) is 0 Å². The molecule has 0 aliphatic heterocycles. The van der Waals surface area contributed by atoms with E-state index in [1.54, 1.807) is 6.92 Å². The number of rotatable bonds is 3. The molecular formula is C6H9KO4. The number of carbonyl (C=O) groups is 2. The third-order valence-corrected chi connectivity index (χ3v) is 0.994. The van der Waals surface area contributed by atoms with Crippen LogP contribution in [0.3, 0.4) is 0 Å². The van der Waals surface area contributed by atoms with Crippen LogP contribution in [0.4, 0.5) is 0 Å². The molecule has 0 heterocycles. The smallest absolute Gasteiger partial charge is 0.549 e. The van der Waals surface area contributed by atoms with Gasteiger partial charge in [-0.3, -0.25) is 4.79 Å². The fourth-order valence-electron chi connectivity index (χ4n) is 0.363. The van der Waals surface area contributed by atoms with Crippen molar-refractivity contribution >= 4 is 11.9 Å². The Morgan fingerprint density at radius 3 is 2.27 bits per heavy atom. The number of hydrogen-bond donors (Lipinski definition) is 0. The van der Waals surface area contributed by atoms with Crippen LogP contribution in [0.15, 0.2) is 0 Å². The monoisotopic (exact) mass is 184 g/mol. The molecule has 1 atom stereocenters. The predicted octanol–water partition coefficient (Wildman–Crippen LogP) is -4.06. The van der Waals surface area contributed by atoms with Crippen LogP contribution in [0.2, 0.25) is 0 Å². The molecule has 0 aromatic heterocycles. The van der Waals surface area contributed by atoms with Gasteiger partial charge in [0.1, 0.15) is 0 Å².